The minimum Gasteiger partial charge on any atom is -0.365 e. The molecule has 3 aromatic rings. The molecule has 3 heterocycles. The van der Waals surface area contributed by atoms with Crippen molar-refractivity contribution in [3.63, 3.8) is 0 Å². The zero-order valence-electron chi connectivity index (χ0n) is 13.8. The number of hydrogen-bond acceptors (Lipinski definition) is 4. The van der Waals surface area contributed by atoms with Crippen molar-refractivity contribution in [3.8, 4) is 0 Å². The maximum Gasteiger partial charge on any atom is 0.229 e. The highest BCUT2D eigenvalue weighted by Gasteiger charge is 2.31. The first-order valence-corrected chi connectivity index (χ1v) is 8.68. The predicted molar refractivity (Wildman–Crippen MR) is 98.2 cm³/mol. The minimum absolute atomic E-state index is 0.00554. The summed E-state index contributed by atoms with van der Waals surface area (Å²) in [5, 5.41) is 8.40. The molecule has 128 valence electrons. The molecule has 1 aliphatic rings. The second-order valence-electron chi connectivity index (χ2n) is 6.12. The first-order chi connectivity index (χ1) is 12.1. The Labute approximate surface area is 150 Å². The predicted octanol–water partition coefficient (Wildman–Crippen LogP) is 3.16. The van der Waals surface area contributed by atoms with Gasteiger partial charge in [-0.2, -0.15) is 9.61 Å². The van der Waals surface area contributed by atoms with Gasteiger partial charge in [-0.05, 0) is 24.6 Å². The molecule has 0 radical (unpaired) electrons. The van der Waals surface area contributed by atoms with E-state index >= 15 is 0 Å². The van der Waals surface area contributed by atoms with Crippen molar-refractivity contribution in [1.29, 1.82) is 0 Å². The first-order valence-electron chi connectivity index (χ1n) is 8.30. The lowest BCUT2D eigenvalue weighted by atomic mass is 10.2. The molecule has 1 atom stereocenters. The van der Waals surface area contributed by atoms with Crippen LogP contribution in [-0.2, 0) is 11.2 Å². The number of carbonyl (C=O) groups excluding carboxylic acids is 1. The molecule has 1 amide bonds. The molecule has 7 heteroatoms. The van der Waals surface area contributed by atoms with E-state index in [1.807, 2.05) is 30.3 Å². The van der Waals surface area contributed by atoms with E-state index in [2.05, 4.69) is 22.3 Å². The van der Waals surface area contributed by atoms with Gasteiger partial charge in [-0.15, -0.1) is 0 Å². The van der Waals surface area contributed by atoms with E-state index in [0.29, 0.717) is 18.0 Å². The van der Waals surface area contributed by atoms with Gasteiger partial charge in [-0.3, -0.25) is 4.79 Å². The van der Waals surface area contributed by atoms with E-state index in [1.165, 1.54) is 0 Å². The number of nitrogens with zero attached hydrogens (tertiary/aromatic N) is 4. The number of carbonyl (C=O) groups is 1. The highest BCUT2D eigenvalue weighted by Crippen LogP contribution is 2.26. The van der Waals surface area contributed by atoms with Gasteiger partial charge in [-0.25, -0.2) is 4.98 Å². The van der Waals surface area contributed by atoms with Crippen molar-refractivity contribution in [2.75, 3.05) is 16.8 Å². The fraction of sp³-hybridized carbons (Fsp3) is 0.278. The van der Waals surface area contributed by atoms with E-state index in [1.54, 1.807) is 21.7 Å². The van der Waals surface area contributed by atoms with Gasteiger partial charge >= 0.3 is 0 Å². The van der Waals surface area contributed by atoms with Crippen molar-refractivity contribution in [2.45, 2.75) is 25.8 Å². The van der Waals surface area contributed by atoms with E-state index < -0.39 is 0 Å². The average Bonchev–Trinajstić information content (AvgIpc) is 3.21. The SMILES string of the molecule is CCc1cc(N[C@H]2CC(=O)N(c3cccc(Cl)c3)C2)n2nccc2n1. The number of aryl methyl sites for hydroxylation is 1. The van der Waals surface area contributed by atoms with Crippen molar-refractivity contribution < 1.29 is 4.79 Å². The molecule has 2 aromatic heterocycles. The van der Waals surface area contributed by atoms with Crippen molar-refractivity contribution in [2.24, 2.45) is 0 Å². The number of aromatic nitrogens is 3. The second-order valence-corrected chi connectivity index (χ2v) is 6.55. The molecule has 0 unspecified atom stereocenters. The molecule has 0 bridgehead atoms. The van der Waals surface area contributed by atoms with Crippen LogP contribution in [-0.4, -0.2) is 33.1 Å². The Morgan fingerprint density at radius 3 is 3.00 bits per heavy atom. The van der Waals surface area contributed by atoms with Crippen LogP contribution in [0, 0.1) is 0 Å². The van der Waals surface area contributed by atoms with Crippen LogP contribution in [0.1, 0.15) is 19.0 Å². The fourth-order valence-corrected chi connectivity index (χ4v) is 3.34. The van der Waals surface area contributed by atoms with Crippen LogP contribution in [0.4, 0.5) is 11.5 Å². The molecule has 1 aliphatic heterocycles. The fourth-order valence-electron chi connectivity index (χ4n) is 3.16. The average molecular weight is 356 g/mol. The molecule has 0 saturated carbocycles. The number of fused-ring (bicyclic) bond motifs is 1. The Kier molecular flexibility index (Phi) is 4.05. The zero-order valence-corrected chi connectivity index (χ0v) is 14.6. The lowest BCUT2D eigenvalue weighted by Gasteiger charge is -2.18. The topological polar surface area (TPSA) is 62.5 Å². The Morgan fingerprint density at radius 2 is 2.20 bits per heavy atom. The third-order valence-corrected chi connectivity index (χ3v) is 4.61. The first kappa shape index (κ1) is 15.9. The largest absolute Gasteiger partial charge is 0.365 e. The minimum atomic E-state index is 0.00554. The summed E-state index contributed by atoms with van der Waals surface area (Å²) in [5.74, 6) is 0.943. The summed E-state index contributed by atoms with van der Waals surface area (Å²) in [4.78, 5) is 18.7. The van der Waals surface area contributed by atoms with Crippen LogP contribution in [0.25, 0.3) is 5.65 Å². The van der Waals surface area contributed by atoms with Crippen LogP contribution in [0.3, 0.4) is 0 Å². The quantitative estimate of drug-likeness (QED) is 0.780. The number of halogens is 1. The molecular weight excluding hydrogens is 338 g/mol. The van der Waals surface area contributed by atoms with Gasteiger partial charge in [0.25, 0.3) is 0 Å². The molecule has 25 heavy (non-hydrogen) atoms. The van der Waals surface area contributed by atoms with Crippen molar-refractivity contribution in [1.82, 2.24) is 14.6 Å². The van der Waals surface area contributed by atoms with Crippen LogP contribution < -0.4 is 10.2 Å². The number of hydrogen-bond donors (Lipinski definition) is 1. The highest BCUT2D eigenvalue weighted by molar-refractivity contribution is 6.30. The molecular formula is C18H18ClN5O. The lowest BCUT2D eigenvalue weighted by molar-refractivity contribution is -0.117. The normalized spacial score (nSPS) is 17.4. The standard InChI is InChI=1S/C18H18ClN5O/c1-2-13-9-17(24-16(21-13)6-7-20-24)22-14-10-18(25)23(11-14)15-5-3-4-12(19)8-15/h3-9,14,22H,2,10-11H2,1H3/t14-/m0/s1. The van der Waals surface area contributed by atoms with Gasteiger partial charge in [0.05, 0.1) is 12.2 Å². The van der Waals surface area contributed by atoms with Gasteiger partial charge in [0, 0.05) is 41.5 Å². The van der Waals surface area contributed by atoms with Crippen LogP contribution in [0.5, 0.6) is 0 Å². The molecule has 1 aromatic carbocycles. The van der Waals surface area contributed by atoms with Crippen molar-refractivity contribution >= 4 is 34.7 Å². The number of anilines is 2. The molecule has 1 saturated heterocycles. The van der Waals surface area contributed by atoms with E-state index in [-0.39, 0.29) is 11.9 Å². The number of nitrogens with one attached hydrogen (secondary N) is 1. The molecule has 0 aliphatic carbocycles. The van der Waals surface area contributed by atoms with Gasteiger partial charge < -0.3 is 10.2 Å². The summed E-state index contributed by atoms with van der Waals surface area (Å²) in [6, 6.07) is 11.3. The highest BCUT2D eigenvalue weighted by atomic mass is 35.5. The molecule has 1 fully saturated rings. The maximum atomic E-state index is 12.4. The van der Waals surface area contributed by atoms with Crippen LogP contribution >= 0.6 is 11.6 Å². The zero-order chi connectivity index (χ0) is 17.4. The maximum absolute atomic E-state index is 12.4. The molecule has 6 nitrogen and oxygen atoms in total. The third kappa shape index (κ3) is 3.05. The Bertz CT molecular complexity index is 938. The summed E-state index contributed by atoms with van der Waals surface area (Å²) >= 11 is 6.05. The molecule has 1 N–H and O–H groups in total. The summed E-state index contributed by atoms with van der Waals surface area (Å²) in [5.41, 5.74) is 2.62. The van der Waals surface area contributed by atoms with E-state index in [9.17, 15) is 4.79 Å². The summed E-state index contributed by atoms with van der Waals surface area (Å²) < 4.78 is 1.77. The van der Waals surface area contributed by atoms with Gasteiger partial charge in [0.1, 0.15) is 5.82 Å². The van der Waals surface area contributed by atoms with Gasteiger partial charge in [0.2, 0.25) is 5.91 Å². The summed E-state index contributed by atoms with van der Waals surface area (Å²) in [7, 11) is 0. The van der Waals surface area contributed by atoms with Crippen LogP contribution in [0.2, 0.25) is 5.02 Å². The third-order valence-electron chi connectivity index (χ3n) is 4.37. The smallest absolute Gasteiger partial charge is 0.229 e. The Balaban J connectivity index is 1.58. The summed E-state index contributed by atoms with van der Waals surface area (Å²) in [6.45, 7) is 2.66. The van der Waals surface area contributed by atoms with Gasteiger partial charge in [0.15, 0.2) is 5.65 Å². The van der Waals surface area contributed by atoms with E-state index in [4.69, 9.17) is 11.6 Å². The summed E-state index contributed by atoms with van der Waals surface area (Å²) in [6.07, 6.45) is 3.00. The van der Waals surface area contributed by atoms with E-state index in [0.717, 1.165) is 29.3 Å². The molecule has 0 spiro atoms. The molecule has 4 rings (SSSR count). The number of rotatable bonds is 4. The lowest BCUT2D eigenvalue weighted by Crippen LogP contribution is -2.28. The van der Waals surface area contributed by atoms with Crippen molar-refractivity contribution in [3.05, 3.63) is 53.3 Å². The monoisotopic (exact) mass is 355 g/mol. The number of benzene rings is 1. The van der Waals surface area contributed by atoms with Gasteiger partial charge in [-0.1, -0.05) is 24.6 Å². The van der Waals surface area contributed by atoms with Crippen LogP contribution in [0.15, 0.2) is 42.6 Å². The number of amides is 1. The Morgan fingerprint density at radius 1 is 1.32 bits per heavy atom. The Hall–Kier alpha value is -2.60. The second kappa shape index (κ2) is 6.37.